The molecule has 0 amide bonds. The van der Waals surface area contributed by atoms with E-state index >= 15 is 0 Å². The molecular weight excluding hydrogens is 290 g/mol. The lowest BCUT2D eigenvalue weighted by Gasteiger charge is -2.03. The van der Waals surface area contributed by atoms with Crippen LogP contribution >= 0.6 is 35.7 Å². The fraction of sp³-hybridized carbons (Fsp3) is 0. The van der Waals surface area contributed by atoms with E-state index in [1.807, 2.05) is 0 Å². The largest absolute Gasteiger partial charge is 0.207 e. The van der Waals surface area contributed by atoms with Gasteiger partial charge in [0.1, 0.15) is 15.2 Å². The Morgan fingerprint density at radius 3 is 1.39 bits per heavy atom. The first kappa shape index (κ1) is 13.5. The quantitative estimate of drug-likeness (QED) is 0.557. The van der Waals surface area contributed by atoms with Crippen molar-refractivity contribution in [1.82, 2.24) is 0 Å². The highest BCUT2D eigenvalue weighted by atomic mass is 32.2. The van der Waals surface area contributed by atoms with Crippen molar-refractivity contribution in [3.63, 3.8) is 0 Å². The van der Waals surface area contributed by atoms with Crippen LogP contribution in [0.15, 0.2) is 58.3 Å². The van der Waals surface area contributed by atoms with E-state index in [1.54, 1.807) is 24.3 Å². The zero-order valence-electron chi connectivity index (χ0n) is 9.10. The first-order valence-corrected chi connectivity index (χ1v) is 7.08. The Morgan fingerprint density at radius 1 is 0.722 bits per heavy atom. The van der Waals surface area contributed by atoms with Crippen LogP contribution < -0.4 is 0 Å². The van der Waals surface area contributed by atoms with Gasteiger partial charge in [-0.25, -0.2) is 8.78 Å². The van der Waals surface area contributed by atoms with Crippen molar-refractivity contribution in [3.8, 4) is 0 Å². The molecule has 5 heteroatoms. The van der Waals surface area contributed by atoms with Crippen LogP contribution in [-0.4, -0.2) is 3.53 Å². The molecular formula is C13H8F2S3. The van der Waals surface area contributed by atoms with Gasteiger partial charge in [0.05, 0.1) is 0 Å². The summed E-state index contributed by atoms with van der Waals surface area (Å²) in [5, 5.41) is 0. The van der Waals surface area contributed by atoms with E-state index in [9.17, 15) is 8.78 Å². The number of thioether (sulfide) groups is 2. The zero-order valence-corrected chi connectivity index (χ0v) is 11.5. The van der Waals surface area contributed by atoms with Crippen LogP contribution in [0, 0.1) is 11.6 Å². The molecule has 0 heterocycles. The van der Waals surface area contributed by atoms with E-state index in [4.69, 9.17) is 12.2 Å². The van der Waals surface area contributed by atoms with Gasteiger partial charge in [0.25, 0.3) is 0 Å². The summed E-state index contributed by atoms with van der Waals surface area (Å²) < 4.78 is 26.1. The van der Waals surface area contributed by atoms with Crippen molar-refractivity contribution in [2.45, 2.75) is 9.79 Å². The second-order valence-electron chi connectivity index (χ2n) is 3.36. The second kappa shape index (κ2) is 6.31. The molecule has 0 fully saturated rings. The maximum Gasteiger partial charge on any atom is 0.123 e. The van der Waals surface area contributed by atoms with Crippen LogP contribution in [0.2, 0.25) is 0 Å². The minimum Gasteiger partial charge on any atom is -0.207 e. The van der Waals surface area contributed by atoms with Gasteiger partial charge in [0, 0.05) is 9.79 Å². The highest BCUT2D eigenvalue weighted by Crippen LogP contribution is 2.31. The molecule has 0 N–H and O–H groups in total. The van der Waals surface area contributed by atoms with Crippen molar-refractivity contribution in [1.29, 1.82) is 0 Å². The average molecular weight is 298 g/mol. The summed E-state index contributed by atoms with van der Waals surface area (Å²) in [7, 11) is 0. The molecule has 0 saturated heterocycles. The fourth-order valence-corrected chi connectivity index (χ4v) is 3.47. The maximum atomic E-state index is 12.7. The normalized spacial score (nSPS) is 10.3. The summed E-state index contributed by atoms with van der Waals surface area (Å²) >= 11 is 7.99. The second-order valence-corrected chi connectivity index (χ2v) is 6.71. The van der Waals surface area contributed by atoms with Gasteiger partial charge in [-0.05, 0) is 48.5 Å². The van der Waals surface area contributed by atoms with Crippen molar-refractivity contribution >= 4 is 39.3 Å². The third-order valence-electron chi connectivity index (χ3n) is 2.03. The fourth-order valence-electron chi connectivity index (χ4n) is 1.22. The molecule has 2 rings (SSSR count). The summed E-state index contributed by atoms with van der Waals surface area (Å²) in [4.78, 5) is 1.77. The molecule has 18 heavy (non-hydrogen) atoms. The van der Waals surface area contributed by atoms with Crippen LogP contribution in [0.5, 0.6) is 0 Å². The molecule has 0 spiro atoms. The summed E-state index contributed by atoms with van der Waals surface area (Å²) in [5.41, 5.74) is 0. The predicted molar refractivity (Wildman–Crippen MR) is 77.1 cm³/mol. The van der Waals surface area contributed by atoms with Crippen molar-refractivity contribution < 1.29 is 8.78 Å². The Labute approximate surface area is 118 Å². The summed E-state index contributed by atoms with van der Waals surface area (Å²) in [6.45, 7) is 0. The monoisotopic (exact) mass is 298 g/mol. The van der Waals surface area contributed by atoms with E-state index in [2.05, 4.69) is 0 Å². The van der Waals surface area contributed by atoms with Crippen LogP contribution in [-0.2, 0) is 0 Å². The Bertz CT molecular complexity index is 486. The summed E-state index contributed by atoms with van der Waals surface area (Å²) in [6.07, 6.45) is 0. The molecule has 0 radical (unpaired) electrons. The van der Waals surface area contributed by atoms with E-state index in [-0.39, 0.29) is 11.6 Å². The molecule has 0 aromatic heterocycles. The Balaban J connectivity index is 1.96. The highest BCUT2D eigenvalue weighted by Gasteiger charge is 2.04. The van der Waals surface area contributed by atoms with E-state index in [1.165, 1.54) is 47.8 Å². The van der Waals surface area contributed by atoms with Crippen molar-refractivity contribution in [2.75, 3.05) is 0 Å². The van der Waals surface area contributed by atoms with Gasteiger partial charge in [-0.15, -0.1) is 0 Å². The number of halogens is 2. The topological polar surface area (TPSA) is 0 Å². The van der Waals surface area contributed by atoms with Crippen LogP contribution in [0.3, 0.4) is 0 Å². The molecule has 0 aliphatic heterocycles. The molecule has 0 aliphatic carbocycles. The average Bonchev–Trinajstić information content (AvgIpc) is 2.35. The Kier molecular flexibility index (Phi) is 4.74. The maximum absolute atomic E-state index is 12.7. The number of rotatable bonds is 2. The summed E-state index contributed by atoms with van der Waals surface area (Å²) in [5.74, 6) is -0.534. The first-order chi connectivity index (χ1) is 8.63. The van der Waals surface area contributed by atoms with E-state index < -0.39 is 0 Å². The lowest BCUT2D eigenvalue weighted by molar-refractivity contribution is 0.626. The number of hydrogen-bond donors (Lipinski definition) is 0. The third-order valence-corrected chi connectivity index (χ3v) is 4.38. The molecule has 92 valence electrons. The molecule has 0 unspecified atom stereocenters. The van der Waals surface area contributed by atoms with Gasteiger partial charge in [-0.1, -0.05) is 35.7 Å². The SMILES string of the molecule is Fc1ccc(SC(=S)Sc2ccc(F)cc2)cc1. The molecule has 0 aliphatic rings. The van der Waals surface area contributed by atoms with Gasteiger partial charge in [0.15, 0.2) is 0 Å². The molecule has 2 aromatic carbocycles. The van der Waals surface area contributed by atoms with Crippen molar-refractivity contribution in [2.24, 2.45) is 0 Å². The van der Waals surface area contributed by atoms with E-state index in [0.29, 0.717) is 3.53 Å². The first-order valence-electron chi connectivity index (χ1n) is 5.04. The minimum atomic E-state index is -0.267. The van der Waals surface area contributed by atoms with Crippen LogP contribution in [0.4, 0.5) is 8.78 Å². The number of thiocarbonyl (C=S) groups is 1. The van der Waals surface area contributed by atoms with E-state index in [0.717, 1.165) is 9.79 Å². The standard InChI is InChI=1S/C13H8F2S3/c14-9-1-5-11(6-2-9)17-13(16)18-12-7-3-10(15)4-8-12/h1-8H. The Hall–Kier alpha value is -0.910. The van der Waals surface area contributed by atoms with Gasteiger partial charge >= 0.3 is 0 Å². The van der Waals surface area contributed by atoms with Gasteiger partial charge in [-0.3, -0.25) is 0 Å². The van der Waals surface area contributed by atoms with Crippen molar-refractivity contribution in [3.05, 3.63) is 60.2 Å². The number of hydrogen-bond acceptors (Lipinski definition) is 3. The van der Waals surface area contributed by atoms with Crippen LogP contribution in [0.1, 0.15) is 0 Å². The third kappa shape index (κ3) is 4.08. The minimum absolute atomic E-state index is 0.267. The Morgan fingerprint density at radius 2 is 1.06 bits per heavy atom. The van der Waals surface area contributed by atoms with Gasteiger partial charge in [0.2, 0.25) is 0 Å². The van der Waals surface area contributed by atoms with Gasteiger partial charge in [-0.2, -0.15) is 0 Å². The highest BCUT2D eigenvalue weighted by molar-refractivity contribution is 8.47. The predicted octanol–water partition coefficient (Wildman–Crippen LogP) is 5.13. The molecule has 2 aromatic rings. The zero-order chi connectivity index (χ0) is 13.0. The lowest BCUT2D eigenvalue weighted by Crippen LogP contribution is -1.82. The van der Waals surface area contributed by atoms with Crippen LogP contribution in [0.25, 0.3) is 0 Å². The molecule has 0 saturated carbocycles. The smallest absolute Gasteiger partial charge is 0.123 e. The molecule has 0 atom stereocenters. The number of benzene rings is 2. The summed E-state index contributed by atoms with van der Waals surface area (Å²) in [6, 6.07) is 12.3. The molecule has 0 bridgehead atoms. The lowest BCUT2D eigenvalue weighted by atomic mass is 10.4. The molecule has 0 nitrogen and oxygen atoms in total. The van der Waals surface area contributed by atoms with Gasteiger partial charge < -0.3 is 0 Å².